The van der Waals surface area contributed by atoms with E-state index in [4.69, 9.17) is 22.4 Å². The van der Waals surface area contributed by atoms with Crippen LogP contribution in [-0.2, 0) is 0 Å². The molecule has 74 valence electrons. The Morgan fingerprint density at radius 3 is 2.79 bits per heavy atom. The molecule has 5 heteroatoms. The molecule has 3 N–H and O–H groups in total. The Hall–Kier alpha value is -1.29. The van der Waals surface area contributed by atoms with E-state index in [1.165, 1.54) is 6.07 Å². The van der Waals surface area contributed by atoms with Gasteiger partial charge in [-0.2, -0.15) is 0 Å². The molecule has 1 aromatic heterocycles. The Kier molecular flexibility index (Phi) is 2.07. The van der Waals surface area contributed by atoms with Crippen molar-refractivity contribution < 1.29 is 9.90 Å². The van der Waals surface area contributed by atoms with Gasteiger partial charge in [-0.05, 0) is 18.9 Å². The summed E-state index contributed by atoms with van der Waals surface area (Å²) in [5.74, 6) is -0.541. The zero-order valence-electron chi connectivity index (χ0n) is 7.33. The molecule has 1 saturated carbocycles. The third kappa shape index (κ3) is 1.53. The summed E-state index contributed by atoms with van der Waals surface area (Å²) >= 11 is 5.70. The van der Waals surface area contributed by atoms with Crippen LogP contribution in [0.5, 0.6) is 0 Å². The number of rotatable bonds is 2. The third-order valence-electron chi connectivity index (χ3n) is 2.23. The van der Waals surface area contributed by atoms with E-state index in [1.807, 2.05) is 0 Å². The summed E-state index contributed by atoms with van der Waals surface area (Å²) in [5, 5.41) is 9.12. The number of nitrogen functional groups attached to an aromatic ring is 1. The maximum Gasteiger partial charge on any atom is 0.337 e. The largest absolute Gasteiger partial charge is 0.478 e. The molecule has 1 fully saturated rings. The highest BCUT2D eigenvalue weighted by molar-refractivity contribution is 6.33. The fourth-order valence-electron chi connectivity index (χ4n) is 1.36. The number of anilines is 1. The van der Waals surface area contributed by atoms with Crippen molar-refractivity contribution in [3.05, 3.63) is 22.3 Å². The molecule has 0 saturated heterocycles. The number of aromatic nitrogens is 1. The maximum absolute atomic E-state index is 10.9. The first-order valence-electron chi connectivity index (χ1n) is 4.29. The molecule has 0 aliphatic heterocycles. The second kappa shape index (κ2) is 3.13. The van der Waals surface area contributed by atoms with E-state index in [0.29, 0.717) is 5.69 Å². The smallest absolute Gasteiger partial charge is 0.337 e. The summed E-state index contributed by atoms with van der Waals surface area (Å²) in [7, 11) is 0. The molecule has 0 amide bonds. The van der Waals surface area contributed by atoms with Crippen LogP contribution in [0, 0.1) is 0 Å². The van der Waals surface area contributed by atoms with Crippen LogP contribution in [0.1, 0.15) is 34.8 Å². The monoisotopic (exact) mass is 212 g/mol. The topological polar surface area (TPSA) is 76.2 Å². The number of hydrogen-bond acceptors (Lipinski definition) is 3. The lowest BCUT2D eigenvalue weighted by Crippen LogP contribution is -2.06. The zero-order valence-corrected chi connectivity index (χ0v) is 8.08. The van der Waals surface area contributed by atoms with Crippen LogP contribution in [0.15, 0.2) is 6.07 Å². The van der Waals surface area contributed by atoms with E-state index < -0.39 is 5.97 Å². The van der Waals surface area contributed by atoms with Crippen LogP contribution in [0.2, 0.25) is 5.02 Å². The molecular weight excluding hydrogens is 204 g/mol. The number of nitrogens with zero attached hydrogens (tertiary/aromatic N) is 1. The molecule has 0 aromatic carbocycles. The summed E-state index contributed by atoms with van der Waals surface area (Å²) in [6.07, 6.45) is 1.96. The van der Waals surface area contributed by atoms with Crippen molar-refractivity contribution >= 4 is 23.4 Å². The van der Waals surface area contributed by atoms with E-state index in [2.05, 4.69) is 4.98 Å². The normalized spacial score (nSPS) is 15.5. The van der Waals surface area contributed by atoms with Crippen molar-refractivity contribution in [3.63, 3.8) is 0 Å². The van der Waals surface area contributed by atoms with E-state index in [1.54, 1.807) is 0 Å². The van der Waals surface area contributed by atoms with Gasteiger partial charge in [0.1, 0.15) is 5.82 Å². The minimum Gasteiger partial charge on any atom is -0.478 e. The van der Waals surface area contributed by atoms with Gasteiger partial charge in [0.25, 0.3) is 0 Å². The Morgan fingerprint density at radius 1 is 1.64 bits per heavy atom. The number of hydrogen-bond donors (Lipinski definition) is 2. The molecule has 0 radical (unpaired) electrons. The minimum absolute atomic E-state index is 0.173. The van der Waals surface area contributed by atoms with Crippen molar-refractivity contribution in [1.29, 1.82) is 0 Å². The van der Waals surface area contributed by atoms with Gasteiger partial charge in [-0.3, -0.25) is 0 Å². The Balaban J connectivity index is 2.54. The standard InChI is InChI=1S/C9H9ClN2O2/c10-6-3-5(9(13)14)7(4-1-2-4)12-8(6)11/h3-4H,1-2H2,(H2,11,12)(H,13,14). The highest BCUT2D eigenvalue weighted by Crippen LogP contribution is 2.41. The van der Waals surface area contributed by atoms with Crippen LogP contribution in [0.4, 0.5) is 5.82 Å². The average molecular weight is 213 g/mol. The molecule has 4 nitrogen and oxygen atoms in total. The highest BCUT2D eigenvalue weighted by Gasteiger charge is 2.30. The van der Waals surface area contributed by atoms with Crippen molar-refractivity contribution in [1.82, 2.24) is 4.98 Å². The van der Waals surface area contributed by atoms with Gasteiger partial charge in [-0.15, -0.1) is 0 Å². The Labute approximate surface area is 85.7 Å². The number of carboxylic acids is 1. The lowest BCUT2D eigenvalue weighted by Gasteiger charge is -2.05. The molecule has 14 heavy (non-hydrogen) atoms. The first-order chi connectivity index (χ1) is 6.59. The molecule has 1 aliphatic rings. The van der Waals surface area contributed by atoms with Gasteiger partial charge in [0.05, 0.1) is 16.3 Å². The molecule has 1 aliphatic carbocycles. The SMILES string of the molecule is Nc1nc(C2CC2)c(C(=O)O)cc1Cl. The van der Waals surface area contributed by atoms with E-state index in [0.717, 1.165) is 12.8 Å². The lowest BCUT2D eigenvalue weighted by molar-refractivity contribution is 0.0695. The van der Waals surface area contributed by atoms with Crippen LogP contribution in [0.3, 0.4) is 0 Å². The van der Waals surface area contributed by atoms with Crippen LogP contribution >= 0.6 is 11.6 Å². The molecular formula is C9H9ClN2O2. The fourth-order valence-corrected chi connectivity index (χ4v) is 1.51. The second-order valence-corrected chi connectivity index (χ2v) is 3.77. The lowest BCUT2D eigenvalue weighted by atomic mass is 10.1. The molecule has 0 bridgehead atoms. The molecule has 2 rings (SSSR count). The Bertz CT molecular complexity index is 402. The first-order valence-corrected chi connectivity index (χ1v) is 4.66. The van der Waals surface area contributed by atoms with Crippen LogP contribution < -0.4 is 5.73 Å². The summed E-state index contributed by atoms with van der Waals surface area (Å²) in [4.78, 5) is 14.9. The molecule has 1 heterocycles. The van der Waals surface area contributed by atoms with Crippen molar-refractivity contribution in [2.45, 2.75) is 18.8 Å². The van der Waals surface area contributed by atoms with Gasteiger partial charge >= 0.3 is 5.97 Å². The first kappa shape index (κ1) is 9.27. The molecule has 1 aromatic rings. The zero-order chi connectivity index (χ0) is 10.3. The van der Waals surface area contributed by atoms with E-state index in [9.17, 15) is 4.79 Å². The van der Waals surface area contributed by atoms with Gasteiger partial charge in [-0.1, -0.05) is 11.6 Å². The van der Waals surface area contributed by atoms with Gasteiger partial charge in [0.2, 0.25) is 0 Å². The van der Waals surface area contributed by atoms with Gasteiger partial charge in [0.15, 0.2) is 0 Å². The average Bonchev–Trinajstić information content (AvgIpc) is 2.91. The predicted molar refractivity (Wildman–Crippen MR) is 52.6 cm³/mol. The minimum atomic E-state index is -0.999. The number of aromatic carboxylic acids is 1. The molecule has 0 unspecified atom stereocenters. The second-order valence-electron chi connectivity index (χ2n) is 3.37. The third-order valence-corrected chi connectivity index (χ3v) is 2.53. The van der Waals surface area contributed by atoms with Gasteiger partial charge < -0.3 is 10.8 Å². The highest BCUT2D eigenvalue weighted by atomic mass is 35.5. The number of pyridine rings is 1. The molecule has 0 spiro atoms. The van der Waals surface area contributed by atoms with Crippen molar-refractivity contribution in [3.8, 4) is 0 Å². The number of nitrogens with two attached hydrogens (primary N) is 1. The number of halogens is 1. The number of carbonyl (C=O) groups is 1. The van der Waals surface area contributed by atoms with Crippen LogP contribution in [-0.4, -0.2) is 16.1 Å². The summed E-state index contributed by atoms with van der Waals surface area (Å²) in [6.45, 7) is 0. The van der Waals surface area contributed by atoms with Gasteiger partial charge in [-0.25, -0.2) is 9.78 Å². The van der Waals surface area contributed by atoms with Crippen molar-refractivity contribution in [2.75, 3.05) is 5.73 Å². The van der Waals surface area contributed by atoms with Gasteiger partial charge in [0, 0.05) is 5.92 Å². The van der Waals surface area contributed by atoms with Crippen LogP contribution in [0.25, 0.3) is 0 Å². The van der Waals surface area contributed by atoms with E-state index >= 15 is 0 Å². The Morgan fingerprint density at radius 2 is 2.29 bits per heavy atom. The molecule has 0 atom stereocenters. The number of carboxylic acid groups (broad SMARTS) is 1. The summed E-state index contributed by atoms with van der Waals surface area (Å²) in [6, 6.07) is 1.37. The summed E-state index contributed by atoms with van der Waals surface area (Å²) < 4.78 is 0. The van der Waals surface area contributed by atoms with E-state index in [-0.39, 0.29) is 22.3 Å². The summed E-state index contributed by atoms with van der Waals surface area (Å²) in [5.41, 5.74) is 6.26. The maximum atomic E-state index is 10.9. The fraction of sp³-hybridized carbons (Fsp3) is 0.333. The predicted octanol–water partition coefficient (Wildman–Crippen LogP) is 1.89. The van der Waals surface area contributed by atoms with Crippen molar-refractivity contribution in [2.24, 2.45) is 0 Å². The quantitative estimate of drug-likeness (QED) is 0.785.